The van der Waals surface area contributed by atoms with Gasteiger partial charge in [0.1, 0.15) is 0 Å². The van der Waals surface area contributed by atoms with Gasteiger partial charge in [0.05, 0.1) is 0 Å². The summed E-state index contributed by atoms with van der Waals surface area (Å²) in [6.45, 7) is 2.22. The Kier molecular flexibility index (Phi) is 3.23. The van der Waals surface area contributed by atoms with Gasteiger partial charge in [0.15, 0.2) is 0 Å². The van der Waals surface area contributed by atoms with Gasteiger partial charge in [0.2, 0.25) is 0 Å². The lowest BCUT2D eigenvalue weighted by atomic mass is 10.0. The van der Waals surface area contributed by atoms with E-state index in [2.05, 4.69) is 61.1 Å². The molecular formula is C16H19NS. The van der Waals surface area contributed by atoms with Crippen LogP contribution in [-0.4, -0.2) is 7.05 Å². The van der Waals surface area contributed by atoms with Crippen LogP contribution in [0.5, 0.6) is 0 Å². The molecule has 18 heavy (non-hydrogen) atoms. The molecule has 1 aromatic carbocycles. The second-order valence-electron chi connectivity index (χ2n) is 5.15. The first-order valence-electron chi connectivity index (χ1n) is 6.57. The van der Waals surface area contributed by atoms with Gasteiger partial charge in [-0.2, -0.15) is 0 Å². The minimum absolute atomic E-state index is 0.523. The van der Waals surface area contributed by atoms with Gasteiger partial charge in [0.25, 0.3) is 0 Å². The fourth-order valence-electron chi connectivity index (χ4n) is 2.91. The number of thiophene rings is 1. The first kappa shape index (κ1) is 11.9. The van der Waals surface area contributed by atoms with Crippen LogP contribution in [0.25, 0.3) is 0 Å². The normalized spacial score (nSPS) is 23.9. The van der Waals surface area contributed by atoms with Gasteiger partial charge >= 0.3 is 0 Å². The average Bonchev–Trinajstić information content (AvgIpc) is 3.08. The highest BCUT2D eigenvalue weighted by atomic mass is 32.1. The number of nitrogens with one attached hydrogen (secondary N) is 1. The van der Waals surface area contributed by atoms with Crippen molar-refractivity contribution in [2.45, 2.75) is 25.3 Å². The summed E-state index contributed by atoms with van der Waals surface area (Å²) in [7, 11) is 2.09. The molecule has 1 N–H and O–H groups in total. The molecule has 94 valence electrons. The van der Waals surface area contributed by atoms with E-state index in [1.54, 1.807) is 0 Å². The Morgan fingerprint density at radius 1 is 1.22 bits per heavy atom. The zero-order chi connectivity index (χ0) is 12.5. The molecule has 2 heteroatoms. The third-order valence-corrected chi connectivity index (χ3v) is 5.09. The van der Waals surface area contributed by atoms with Gasteiger partial charge in [-0.15, -0.1) is 11.3 Å². The Morgan fingerprint density at radius 3 is 2.61 bits per heavy atom. The van der Waals surface area contributed by atoms with Crippen LogP contribution in [0.2, 0.25) is 0 Å². The lowest BCUT2D eigenvalue weighted by Gasteiger charge is -2.16. The highest BCUT2D eigenvalue weighted by Crippen LogP contribution is 2.54. The largest absolute Gasteiger partial charge is 0.312 e. The fraction of sp³-hybridized carbons (Fsp3) is 0.375. The van der Waals surface area contributed by atoms with Crippen molar-refractivity contribution in [3.8, 4) is 0 Å². The quantitative estimate of drug-likeness (QED) is 0.868. The predicted octanol–water partition coefficient (Wildman–Crippen LogP) is 4.12. The van der Waals surface area contributed by atoms with E-state index in [-0.39, 0.29) is 0 Å². The number of rotatable bonds is 4. The predicted molar refractivity (Wildman–Crippen MR) is 78.1 cm³/mol. The Balaban J connectivity index is 1.79. The van der Waals surface area contributed by atoms with Crippen molar-refractivity contribution < 1.29 is 0 Å². The maximum Gasteiger partial charge on any atom is 0.0449 e. The molecule has 2 aromatic rings. The summed E-state index contributed by atoms with van der Waals surface area (Å²) in [5.74, 6) is 1.50. The Bertz CT molecular complexity index is 517. The molecule has 1 aromatic heterocycles. The maximum absolute atomic E-state index is 3.52. The van der Waals surface area contributed by atoms with Crippen LogP contribution in [-0.2, 0) is 0 Å². The molecule has 3 rings (SSSR count). The smallest absolute Gasteiger partial charge is 0.0449 e. The third-order valence-electron chi connectivity index (χ3n) is 3.99. The van der Waals surface area contributed by atoms with Gasteiger partial charge in [-0.25, -0.2) is 0 Å². The van der Waals surface area contributed by atoms with Crippen LogP contribution in [0.15, 0.2) is 41.8 Å². The molecule has 1 saturated carbocycles. The van der Waals surface area contributed by atoms with Crippen molar-refractivity contribution in [2.75, 3.05) is 7.05 Å². The highest BCUT2D eigenvalue weighted by Gasteiger charge is 2.44. The average molecular weight is 257 g/mol. The topological polar surface area (TPSA) is 12.0 Å². The molecule has 3 unspecified atom stereocenters. The Labute approximate surface area is 113 Å². The highest BCUT2D eigenvalue weighted by molar-refractivity contribution is 7.10. The van der Waals surface area contributed by atoms with Crippen LogP contribution >= 0.6 is 11.3 Å². The molecule has 1 nitrogen and oxygen atoms in total. The zero-order valence-electron chi connectivity index (χ0n) is 10.9. The Morgan fingerprint density at radius 2 is 2.00 bits per heavy atom. The molecule has 1 heterocycles. The fourth-order valence-corrected chi connectivity index (χ4v) is 4.02. The molecule has 1 aliphatic carbocycles. The monoisotopic (exact) mass is 257 g/mol. The first-order chi connectivity index (χ1) is 8.81. The van der Waals surface area contributed by atoms with E-state index >= 15 is 0 Å². The summed E-state index contributed by atoms with van der Waals surface area (Å²) in [6.07, 6.45) is 1.31. The van der Waals surface area contributed by atoms with Crippen LogP contribution in [0.4, 0.5) is 0 Å². The summed E-state index contributed by atoms with van der Waals surface area (Å²) >= 11 is 1.89. The van der Waals surface area contributed by atoms with Gasteiger partial charge in [-0.1, -0.05) is 30.3 Å². The van der Waals surface area contributed by atoms with Crippen LogP contribution in [0.3, 0.4) is 0 Å². The summed E-state index contributed by atoms with van der Waals surface area (Å²) in [5, 5.41) is 5.72. The van der Waals surface area contributed by atoms with E-state index in [4.69, 9.17) is 0 Å². The molecule has 1 aliphatic rings. The Hall–Kier alpha value is -1.12. The van der Waals surface area contributed by atoms with E-state index in [9.17, 15) is 0 Å². The summed E-state index contributed by atoms with van der Waals surface area (Å²) < 4.78 is 0. The van der Waals surface area contributed by atoms with Crippen molar-refractivity contribution in [1.82, 2.24) is 5.32 Å². The number of aryl methyl sites for hydroxylation is 1. The molecular weight excluding hydrogens is 238 g/mol. The molecule has 0 amide bonds. The third kappa shape index (κ3) is 2.11. The number of hydrogen-bond acceptors (Lipinski definition) is 2. The van der Waals surface area contributed by atoms with Crippen molar-refractivity contribution in [1.29, 1.82) is 0 Å². The SMILES string of the molecule is CNC(c1sccc1C)C1CC1c1ccccc1. The van der Waals surface area contributed by atoms with Gasteiger partial charge in [0, 0.05) is 10.9 Å². The van der Waals surface area contributed by atoms with Crippen molar-refractivity contribution in [3.63, 3.8) is 0 Å². The summed E-state index contributed by atoms with van der Waals surface area (Å²) in [5.41, 5.74) is 2.93. The van der Waals surface area contributed by atoms with Crippen molar-refractivity contribution >= 4 is 11.3 Å². The second-order valence-corrected chi connectivity index (χ2v) is 6.10. The minimum atomic E-state index is 0.523. The molecule has 3 atom stereocenters. The van der Waals surface area contributed by atoms with Crippen LogP contribution in [0.1, 0.15) is 34.4 Å². The lowest BCUT2D eigenvalue weighted by Crippen LogP contribution is -2.18. The minimum Gasteiger partial charge on any atom is -0.312 e. The van der Waals surface area contributed by atoms with Gasteiger partial charge < -0.3 is 5.32 Å². The molecule has 0 aliphatic heterocycles. The molecule has 0 spiro atoms. The lowest BCUT2D eigenvalue weighted by molar-refractivity contribution is 0.524. The van der Waals surface area contributed by atoms with Gasteiger partial charge in [-0.05, 0) is 54.8 Å². The number of hydrogen-bond donors (Lipinski definition) is 1. The van der Waals surface area contributed by atoms with E-state index < -0.39 is 0 Å². The number of benzene rings is 1. The first-order valence-corrected chi connectivity index (χ1v) is 7.45. The van der Waals surface area contributed by atoms with Crippen LogP contribution < -0.4 is 5.32 Å². The van der Waals surface area contributed by atoms with E-state index in [1.165, 1.54) is 22.4 Å². The maximum atomic E-state index is 3.52. The van der Waals surface area contributed by atoms with Crippen molar-refractivity contribution in [3.05, 3.63) is 57.8 Å². The molecule has 1 fully saturated rings. The standard InChI is InChI=1S/C16H19NS/c1-11-8-9-18-16(11)15(17-2)14-10-13(14)12-6-4-3-5-7-12/h3-9,13-15,17H,10H2,1-2H3. The van der Waals surface area contributed by atoms with Crippen molar-refractivity contribution in [2.24, 2.45) is 5.92 Å². The second kappa shape index (κ2) is 4.87. The molecule has 0 radical (unpaired) electrons. The summed E-state index contributed by atoms with van der Waals surface area (Å²) in [4.78, 5) is 1.51. The van der Waals surface area contributed by atoms with Crippen LogP contribution in [0, 0.1) is 12.8 Å². The van der Waals surface area contributed by atoms with E-state index in [0.717, 1.165) is 11.8 Å². The summed E-state index contributed by atoms with van der Waals surface area (Å²) in [6, 6.07) is 13.7. The zero-order valence-corrected chi connectivity index (χ0v) is 11.7. The molecule has 0 bridgehead atoms. The van der Waals surface area contributed by atoms with E-state index in [0.29, 0.717) is 6.04 Å². The van der Waals surface area contributed by atoms with E-state index in [1.807, 2.05) is 11.3 Å². The van der Waals surface area contributed by atoms with Gasteiger partial charge in [-0.3, -0.25) is 0 Å². The molecule has 0 saturated heterocycles.